The highest BCUT2D eigenvalue weighted by Crippen LogP contribution is 2.23. The van der Waals surface area contributed by atoms with Gasteiger partial charge in [-0.05, 0) is 12.1 Å². The fourth-order valence-electron chi connectivity index (χ4n) is 1.51. The van der Waals surface area contributed by atoms with Crippen molar-refractivity contribution in [3.05, 3.63) is 35.9 Å². The average molecular weight is 236 g/mol. The van der Waals surface area contributed by atoms with Crippen molar-refractivity contribution >= 4 is 11.9 Å². The van der Waals surface area contributed by atoms with Gasteiger partial charge in [0.15, 0.2) is 0 Å². The van der Waals surface area contributed by atoms with E-state index in [-0.39, 0.29) is 0 Å². The van der Waals surface area contributed by atoms with E-state index in [9.17, 15) is 9.59 Å². The van der Waals surface area contributed by atoms with Crippen molar-refractivity contribution in [2.75, 3.05) is 0 Å². The number of nitrogens with two attached hydrogens (primary N) is 1. The molecule has 0 bridgehead atoms. The molecule has 2 N–H and O–H groups in total. The normalized spacial score (nSPS) is 21.5. The molecule has 1 aliphatic rings. The first-order chi connectivity index (χ1) is 8.09. The van der Waals surface area contributed by atoms with Gasteiger partial charge in [-0.1, -0.05) is 6.08 Å². The number of hydrogen-bond acceptors (Lipinski definition) is 5. The van der Waals surface area contributed by atoms with Gasteiger partial charge < -0.3 is 15.0 Å². The number of hydrogen-bond donors (Lipinski definition) is 1. The molecule has 17 heavy (non-hydrogen) atoms. The smallest absolute Gasteiger partial charge is 0.330 e. The van der Waals surface area contributed by atoms with Crippen LogP contribution < -0.4 is 5.73 Å². The molecule has 0 spiro atoms. The molecule has 6 nitrogen and oxygen atoms in total. The summed E-state index contributed by atoms with van der Waals surface area (Å²) in [6, 6.07) is 2.84. The third-order valence-electron chi connectivity index (χ3n) is 2.33. The lowest BCUT2D eigenvalue weighted by Gasteiger charge is -2.36. The Kier molecular flexibility index (Phi) is 2.97. The maximum atomic E-state index is 11.3. The van der Waals surface area contributed by atoms with E-state index in [1.807, 2.05) is 0 Å². The zero-order chi connectivity index (χ0) is 12.4. The molecule has 1 saturated heterocycles. The van der Waals surface area contributed by atoms with Crippen molar-refractivity contribution in [2.24, 2.45) is 5.73 Å². The monoisotopic (exact) mass is 236 g/mol. The van der Waals surface area contributed by atoms with E-state index in [1.165, 1.54) is 6.92 Å². The molecule has 0 radical (unpaired) electrons. The molecular weight excluding hydrogens is 224 g/mol. The highest BCUT2D eigenvalue weighted by molar-refractivity contribution is 5.94. The van der Waals surface area contributed by atoms with Crippen molar-refractivity contribution in [1.29, 1.82) is 0 Å². The first-order valence-electron chi connectivity index (χ1n) is 5.10. The fraction of sp³-hybridized carbons (Fsp3) is 0.273. The van der Waals surface area contributed by atoms with Gasteiger partial charge in [0.2, 0.25) is 0 Å². The Labute approximate surface area is 97.6 Å². The molecule has 1 aromatic rings. The van der Waals surface area contributed by atoms with Crippen molar-refractivity contribution in [3.8, 4) is 0 Å². The van der Waals surface area contributed by atoms with E-state index in [4.69, 9.17) is 15.0 Å². The molecule has 1 atom stereocenters. The zero-order valence-corrected chi connectivity index (χ0v) is 9.25. The van der Waals surface area contributed by atoms with Crippen LogP contribution in [0.5, 0.6) is 0 Å². The zero-order valence-electron chi connectivity index (χ0n) is 9.25. The van der Waals surface area contributed by atoms with E-state index >= 15 is 0 Å². The van der Waals surface area contributed by atoms with Crippen LogP contribution in [0.2, 0.25) is 0 Å². The van der Waals surface area contributed by atoms with Crippen molar-refractivity contribution < 1.29 is 18.8 Å². The van der Waals surface area contributed by atoms with Crippen LogP contribution in [0.25, 0.3) is 0 Å². The van der Waals surface area contributed by atoms with Gasteiger partial charge in [0, 0.05) is 13.3 Å². The van der Waals surface area contributed by atoms with Crippen molar-refractivity contribution in [3.63, 3.8) is 0 Å². The number of hydroxylamine groups is 2. The fourth-order valence-corrected chi connectivity index (χ4v) is 1.51. The minimum atomic E-state index is -0.732. The van der Waals surface area contributed by atoms with Gasteiger partial charge in [0.25, 0.3) is 5.91 Å². The lowest BCUT2D eigenvalue weighted by Crippen LogP contribution is -2.58. The maximum Gasteiger partial charge on any atom is 0.330 e. The first kappa shape index (κ1) is 11.4. The Morgan fingerprint density at radius 3 is 3.06 bits per heavy atom. The standard InChI is InChI=1S/C11H12N2O4/c1-7(14)17-13-9(10(12)11(13)15)5-4-8-3-2-6-16-8/h2-3,5-6,10H,4,12H2,1H3. The van der Waals surface area contributed by atoms with Crippen LogP contribution in [0.3, 0.4) is 0 Å². The Bertz CT molecular complexity index is 464. The molecule has 1 unspecified atom stereocenters. The molecule has 0 aromatic carbocycles. The number of amides is 1. The van der Waals surface area contributed by atoms with Gasteiger partial charge in [-0.2, -0.15) is 0 Å². The molecule has 2 rings (SSSR count). The summed E-state index contributed by atoms with van der Waals surface area (Å²) in [4.78, 5) is 26.8. The van der Waals surface area contributed by atoms with E-state index < -0.39 is 17.9 Å². The molecule has 2 heterocycles. The van der Waals surface area contributed by atoms with Gasteiger partial charge in [-0.15, -0.1) is 5.06 Å². The average Bonchev–Trinajstić information content (AvgIpc) is 2.80. The number of β-lactam (4-membered cyclic amide) rings is 1. The number of furan rings is 1. The van der Waals surface area contributed by atoms with Crippen LogP contribution >= 0.6 is 0 Å². The van der Waals surface area contributed by atoms with Crippen LogP contribution in [0.15, 0.2) is 34.6 Å². The summed E-state index contributed by atoms with van der Waals surface area (Å²) in [5, 5.41) is 0.913. The van der Waals surface area contributed by atoms with E-state index in [1.54, 1.807) is 24.5 Å². The lowest BCUT2D eigenvalue weighted by atomic mass is 10.0. The topological polar surface area (TPSA) is 85.8 Å². The summed E-state index contributed by atoms with van der Waals surface area (Å²) in [5.41, 5.74) is 6.06. The predicted molar refractivity (Wildman–Crippen MR) is 57.1 cm³/mol. The number of allylic oxidation sites excluding steroid dienone is 1. The summed E-state index contributed by atoms with van der Waals surface area (Å²) >= 11 is 0. The quantitative estimate of drug-likeness (QED) is 0.765. The highest BCUT2D eigenvalue weighted by atomic mass is 16.7. The molecule has 0 aliphatic carbocycles. The summed E-state index contributed by atoms with van der Waals surface area (Å²) < 4.78 is 5.13. The Morgan fingerprint density at radius 2 is 2.47 bits per heavy atom. The van der Waals surface area contributed by atoms with Crippen LogP contribution in [-0.2, 0) is 20.8 Å². The molecule has 1 amide bonds. The SMILES string of the molecule is CC(=O)ON1C(=O)C(N)C1=CCc1ccco1. The largest absolute Gasteiger partial charge is 0.469 e. The second-order valence-electron chi connectivity index (χ2n) is 3.61. The van der Waals surface area contributed by atoms with Gasteiger partial charge in [-0.25, -0.2) is 4.79 Å². The Hall–Kier alpha value is -2.08. The third-order valence-corrected chi connectivity index (χ3v) is 2.33. The summed E-state index contributed by atoms with van der Waals surface area (Å²) in [6.45, 7) is 1.22. The minimum Gasteiger partial charge on any atom is -0.469 e. The number of rotatable bonds is 3. The van der Waals surface area contributed by atoms with E-state index in [0.717, 1.165) is 10.8 Å². The van der Waals surface area contributed by atoms with E-state index in [0.29, 0.717) is 12.1 Å². The molecule has 1 aromatic heterocycles. The van der Waals surface area contributed by atoms with Crippen molar-refractivity contribution in [1.82, 2.24) is 5.06 Å². The number of carbonyl (C=O) groups is 2. The Morgan fingerprint density at radius 1 is 1.71 bits per heavy atom. The van der Waals surface area contributed by atoms with Crippen LogP contribution in [0, 0.1) is 0 Å². The second-order valence-corrected chi connectivity index (χ2v) is 3.61. The van der Waals surface area contributed by atoms with Crippen LogP contribution in [0.1, 0.15) is 12.7 Å². The molecule has 90 valence electrons. The summed E-state index contributed by atoms with van der Waals surface area (Å²) in [6.07, 6.45) is 3.75. The van der Waals surface area contributed by atoms with E-state index in [2.05, 4.69) is 0 Å². The van der Waals surface area contributed by atoms with Gasteiger partial charge in [0.05, 0.1) is 12.0 Å². The highest BCUT2D eigenvalue weighted by Gasteiger charge is 2.42. The number of carbonyl (C=O) groups excluding carboxylic acids is 2. The number of nitrogens with zero attached hydrogens (tertiary/aromatic N) is 1. The predicted octanol–water partition coefficient (Wildman–Crippen LogP) is 0.354. The first-order valence-corrected chi connectivity index (χ1v) is 5.10. The molecular formula is C11H12N2O4. The second kappa shape index (κ2) is 4.42. The minimum absolute atomic E-state index is 0.425. The van der Waals surface area contributed by atoms with Crippen LogP contribution in [0.4, 0.5) is 0 Å². The molecule has 1 aliphatic heterocycles. The van der Waals surface area contributed by atoms with Crippen LogP contribution in [-0.4, -0.2) is 23.0 Å². The molecule has 0 saturated carbocycles. The summed E-state index contributed by atoms with van der Waals surface area (Å²) in [5.74, 6) is -0.244. The molecule has 1 fully saturated rings. The molecule has 6 heteroatoms. The lowest BCUT2D eigenvalue weighted by molar-refractivity contribution is -0.200. The third kappa shape index (κ3) is 2.21. The maximum absolute atomic E-state index is 11.3. The van der Waals surface area contributed by atoms with Gasteiger partial charge >= 0.3 is 5.97 Å². The summed E-state index contributed by atoms with van der Waals surface area (Å²) in [7, 11) is 0. The van der Waals surface area contributed by atoms with Gasteiger partial charge in [0.1, 0.15) is 11.8 Å². The Balaban J connectivity index is 2.05. The van der Waals surface area contributed by atoms with Gasteiger partial charge in [-0.3, -0.25) is 4.79 Å². The van der Waals surface area contributed by atoms with Crippen molar-refractivity contribution in [2.45, 2.75) is 19.4 Å².